The molecule has 0 spiro atoms. The zero-order valence-electron chi connectivity index (χ0n) is 6.14. The highest BCUT2D eigenvalue weighted by Gasteiger charge is 2.18. The van der Waals surface area contributed by atoms with Crippen LogP contribution in [0.25, 0.3) is 0 Å². The van der Waals surface area contributed by atoms with Crippen LogP contribution < -0.4 is 5.73 Å². The van der Waals surface area contributed by atoms with Gasteiger partial charge in [0.1, 0.15) is 0 Å². The maximum Gasteiger partial charge on any atom is 0.00789 e. The second-order valence-electron chi connectivity index (χ2n) is 2.82. The van der Waals surface area contributed by atoms with Gasteiger partial charge in [0.05, 0.1) is 0 Å². The van der Waals surface area contributed by atoms with Gasteiger partial charge in [-0.25, -0.2) is 0 Å². The Labute approximate surface area is 57.0 Å². The lowest BCUT2D eigenvalue weighted by molar-refractivity contribution is 0.124. The Kier molecular flexibility index (Phi) is 2.49. The van der Waals surface area contributed by atoms with Gasteiger partial charge in [-0.15, -0.1) is 0 Å². The fourth-order valence-electron chi connectivity index (χ4n) is 1.21. The van der Waals surface area contributed by atoms with E-state index in [0.29, 0.717) is 0 Å². The van der Waals surface area contributed by atoms with Crippen LogP contribution in [0, 0.1) is 0 Å². The van der Waals surface area contributed by atoms with Gasteiger partial charge in [0.2, 0.25) is 0 Å². The highest BCUT2D eigenvalue weighted by Crippen LogP contribution is 2.12. The van der Waals surface area contributed by atoms with Gasteiger partial charge in [-0.1, -0.05) is 0 Å². The summed E-state index contributed by atoms with van der Waals surface area (Å²) in [5, 5.41) is 0. The van der Waals surface area contributed by atoms with Crippen molar-refractivity contribution in [2.45, 2.75) is 25.8 Å². The summed E-state index contributed by atoms with van der Waals surface area (Å²) in [5.41, 5.74) is 5.42. The zero-order chi connectivity index (χ0) is 6.69. The van der Waals surface area contributed by atoms with E-state index in [1.165, 1.54) is 19.5 Å². The molecular formula is C7H16N2. The van der Waals surface area contributed by atoms with Crippen LogP contribution in [0.4, 0.5) is 0 Å². The van der Waals surface area contributed by atoms with Gasteiger partial charge < -0.3 is 10.6 Å². The molecule has 1 fully saturated rings. The van der Waals surface area contributed by atoms with E-state index in [-0.39, 0.29) is 0 Å². The predicted octanol–water partition coefficient (Wildman–Crippen LogP) is 0.429. The minimum atomic E-state index is 0.726. The third-order valence-electron chi connectivity index (χ3n) is 2.10. The number of likely N-dealkylation sites (tertiary alicyclic amines) is 1. The molecule has 0 aromatic rings. The lowest BCUT2D eigenvalue weighted by Crippen LogP contribution is -2.44. The Morgan fingerprint density at radius 1 is 1.56 bits per heavy atom. The molecule has 0 aromatic heterocycles. The molecule has 0 aliphatic carbocycles. The molecule has 1 atom stereocenters. The van der Waals surface area contributed by atoms with Gasteiger partial charge in [0, 0.05) is 6.04 Å². The van der Waals surface area contributed by atoms with E-state index < -0.39 is 0 Å². The third kappa shape index (κ3) is 1.66. The smallest absolute Gasteiger partial charge is 0.00789 e. The van der Waals surface area contributed by atoms with Crippen LogP contribution in [-0.2, 0) is 0 Å². The SMILES string of the molecule is CC(CCN)N1CCC1. The molecule has 2 N–H and O–H groups in total. The van der Waals surface area contributed by atoms with Crippen LogP contribution >= 0.6 is 0 Å². The summed E-state index contributed by atoms with van der Waals surface area (Å²) in [6, 6.07) is 0.726. The van der Waals surface area contributed by atoms with E-state index in [9.17, 15) is 0 Å². The van der Waals surface area contributed by atoms with Crippen LogP contribution in [0.5, 0.6) is 0 Å². The molecule has 2 nitrogen and oxygen atoms in total. The Balaban J connectivity index is 2.08. The first-order valence-corrected chi connectivity index (χ1v) is 3.78. The van der Waals surface area contributed by atoms with Crippen molar-refractivity contribution < 1.29 is 0 Å². The number of hydrogen-bond acceptors (Lipinski definition) is 2. The monoisotopic (exact) mass is 128 g/mol. The lowest BCUT2D eigenvalue weighted by atomic mass is 10.1. The standard InChI is InChI=1S/C7H16N2/c1-7(3-4-8)9-5-2-6-9/h7H,2-6,8H2,1H3. The number of nitrogens with two attached hydrogens (primary N) is 1. The summed E-state index contributed by atoms with van der Waals surface area (Å²) in [4.78, 5) is 2.48. The molecule has 0 amide bonds. The first-order valence-electron chi connectivity index (χ1n) is 3.78. The number of nitrogens with zero attached hydrogens (tertiary/aromatic N) is 1. The molecular weight excluding hydrogens is 112 g/mol. The largest absolute Gasteiger partial charge is 0.330 e. The fourth-order valence-corrected chi connectivity index (χ4v) is 1.21. The molecule has 54 valence electrons. The molecule has 0 radical (unpaired) electrons. The maximum absolute atomic E-state index is 5.42. The van der Waals surface area contributed by atoms with Crippen molar-refractivity contribution in [2.24, 2.45) is 5.73 Å². The van der Waals surface area contributed by atoms with Crippen molar-refractivity contribution >= 4 is 0 Å². The van der Waals surface area contributed by atoms with E-state index in [1.807, 2.05) is 0 Å². The maximum atomic E-state index is 5.42. The lowest BCUT2D eigenvalue weighted by Gasteiger charge is -2.36. The van der Waals surface area contributed by atoms with E-state index >= 15 is 0 Å². The van der Waals surface area contributed by atoms with Gasteiger partial charge in [0.15, 0.2) is 0 Å². The molecule has 1 unspecified atom stereocenters. The van der Waals surface area contributed by atoms with Crippen molar-refractivity contribution in [3.05, 3.63) is 0 Å². The van der Waals surface area contributed by atoms with Crippen LogP contribution in [0.2, 0.25) is 0 Å². The Morgan fingerprint density at radius 3 is 2.56 bits per heavy atom. The first kappa shape index (κ1) is 7.03. The minimum absolute atomic E-state index is 0.726. The highest BCUT2D eigenvalue weighted by atomic mass is 15.2. The Morgan fingerprint density at radius 2 is 2.22 bits per heavy atom. The first-order chi connectivity index (χ1) is 4.34. The summed E-state index contributed by atoms with van der Waals surface area (Å²) >= 11 is 0. The Hall–Kier alpha value is -0.0800. The predicted molar refractivity (Wildman–Crippen MR) is 39.3 cm³/mol. The molecule has 1 aliphatic rings. The van der Waals surface area contributed by atoms with Gasteiger partial charge >= 0.3 is 0 Å². The molecule has 1 aliphatic heterocycles. The molecule has 1 rings (SSSR count). The van der Waals surface area contributed by atoms with E-state index in [2.05, 4.69) is 11.8 Å². The van der Waals surface area contributed by atoms with E-state index in [0.717, 1.165) is 19.0 Å². The average Bonchev–Trinajstić information content (AvgIpc) is 1.60. The summed E-state index contributed by atoms with van der Waals surface area (Å²) in [6.45, 7) is 5.67. The Bertz CT molecular complexity index is 79.0. The van der Waals surface area contributed by atoms with Crippen molar-refractivity contribution in [1.82, 2.24) is 4.90 Å². The molecule has 1 saturated heterocycles. The van der Waals surface area contributed by atoms with E-state index in [4.69, 9.17) is 5.73 Å². The van der Waals surface area contributed by atoms with Crippen LogP contribution in [-0.4, -0.2) is 30.6 Å². The van der Waals surface area contributed by atoms with Gasteiger partial charge in [-0.05, 0) is 39.4 Å². The van der Waals surface area contributed by atoms with Gasteiger partial charge in [0.25, 0.3) is 0 Å². The van der Waals surface area contributed by atoms with Crippen molar-refractivity contribution in [3.8, 4) is 0 Å². The molecule has 2 heteroatoms. The topological polar surface area (TPSA) is 29.3 Å². The normalized spacial score (nSPS) is 23.3. The fraction of sp³-hybridized carbons (Fsp3) is 1.00. The molecule has 0 aromatic carbocycles. The van der Waals surface area contributed by atoms with Crippen LogP contribution in [0.15, 0.2) is 0 Å². The summed E-state index contributed by atoms with van der Waals surface area (Å²) < 4.78 is 0. The van der Waals surface area contributed by atoms with E-state index in [1.54, 1.807) is 0 Å². The van der Waals surface area contributed by atoms with Gasteiger partial charge in [-0.3, -0.25) is 0 Å². The number of rotatable bonds is 3. The van der Waals surface area contributed by atoms with Gasteiger partial charge in [-0.2, -0.15) is 0 Å². The van der Waals surface area contributed by atoms with Crippen molar-refractivity contribution in [3.63, 3.8) is 0 Å². The summed E-state index contributed by atoms with van der Waals surface area (Å²) in [5.74, 6) is 0. The van der Waals surface area contributed by atoms with Crippen molar-refractivity contribution in [1.29, 1.82) is 0 Å². The minimum Gasteiger partial charge on any atom is -0.330 e. The quantitative estimate of drug-likeness (QED) is 0.597. The molecule has 1 heterocycles. The average molecular weight is 128 g/mol. The van der Waals surface area contributed by atoms with Crippen LogP contribution in [0.3, 0.4) is 0 Å². The third-order valence-corrected chi connectivity index (χ3v) is 2.10. The number of hydrogen-bond donors (Lipinski definition) is 1. The second-order valence-corrected chi connectivity index (χ2v) is 2.82. The van der Waals surface area contributed by atoms with Crippen molar-refractivity contribution in [2.75, 3.05) is 19.6 Å². The molecule has 9 heavy (non-hydrogen) atoms. The molecule has 0 bridgehead atoms. The van der Waals surface area contributed by atoms with Crippen LogP contribution in [0.1, 0.15) is 19.8 Å². The summed E-state index contributed by atoms with van der Waals surface area (Å²) in [6.07, 6.45) is 2.54. The molecule has 0 saturated carbocycles. The highest BCUT2D eigenvalue weighted by molar-refractivity contribution is 4.74. The second kappa shape index (κ2) is 3.18. The zero-order valence-corrected chi connectivity index (χ0v) is 6.14. The summed E-state index contributed by atoms with van der Waals surface area (Å²) in [7, 11) is 0.